The van der Waals surface area contributed by atoms with E-state index in [0.29, 0.717) is 39.3 Å². The van der Waals surface area contributed by atoms with E-state index in [1.807, 2.05) is 0 Å². The zero-order valence-corrected chi connectivity index (χ0v) is 17.2. The number of anilines is 1. The summed E-state index contributed by atoms with van der Waals surface area (Å²) in [5.74, 6) is 0.822. The van der Waals surface area contributed by atoms with Crippen molar-refractivity contribution in [2.45, 2.75) is 11.4 Å². The molecule has 0 saturated carbocycles. The Morgan fingerprint density at radius 3 is 3.03 bits per heavy atom. The lowest BCUT2D eigenvalue weighted by Crippen LogP contribution is -2.33. The van der Waals surface area contributed by atoms with Crippen LogP contribution in [-0.4, -0.2) is 58.8 Å². The summed E-state index contributed by atoms with van der Waals surface area (Å²) in [5, 5.41) is 9.24. The fourth-order valence-electron chi connectivity index (χ4n) is 2.67. The predicted molar refractivity (Wildman–Crippen MR) is 107 cm³/mol. The number of nitrogens with zero attached hydrogens (tertiary/aromatic N) is 2. The van der Waals surface area contributed by atoms with Gasteiger partial charge in [-0.15, -0.1) is 0 Å². The first kappa shape index (κ1) is 21.2. The van der Waals surface area contributed by atoms with Crippen LogP contribution < -0.4 is 14.2 Å². The molecule has 1 unspecified atom stereocenters. The maximum absolute atomic E-state index is 12.8. The van der Waals surface area contributed by atoms with Crippen molar-refractivity contribution in [2.75, 3.05) is 38.2 Å². The molecule has 29 heavy (non-hydrogen) atoms. The SMILES string of the molecule is COc1ccc(Cl)cc1S(=O)Nc1cnc2c(c1)CN(C(=O)OCCO)CCO2. The largest absolute Gasteiger partial charge is 0.495 e. The van der Waals surface area contributed by atoms with Crippen LogP contribution in [0.15, 0.2) is 35.4 Å². The number of ether oxygens (including phenoxy) is 3. The Kier molecular flexibility index (Phi) is 7.13. The highest BCUT2D eigenvalue weighted by Gasteiger charge is 2.22. The number of aromatic nitrogens is 1. The maximum atomic E-state index is 12.8. The van der Waals surface area contributed by atoms with Crippen molar-refractivity contribution < 1.29 is 28.3 Å². The Hall–Kier alpha value is -2.56. The molecule has 3 rings (SSSR count). The van der Waals surface area contributed by atoms with Gasteiger partial charge in [0.25, 0.3) is 0 Å². The standard InChI is InChI=1S/C18H20ClN3O6S/c1-26-15-3-2-13(19)9-16(15)29(25)21-14-8-12-11-22(18(24)28-7-5-23)4-6-27-17(12)20-10-14/h2-3,8-10,21,23H,4-7,11H2,1H3. The molecular weight excluding hydrogens is 422 g/mol. The van der Waals surface area contributed by atoms with E-state index in [1.165, 1.54) is 18.2 Å². The first-order chi connectivity index (χ1) is 14.0. The molecule has 2 heterocycles. The summed E-state index contributed by atoms with van der Waals surface area (Å²) in [5.41, 5.74) is 1.10. The summed E-state index contributed by atoms with van der Waals surface area (Å²) >= 11 is 6.00. The van der Waals surface area contributed by atoms with Crippen molar-refractivity contribution in [1.29, 1.82) is 0 Å². The van der Waals surface area contributed by atoms with Crippen LogP contribution in [-0.2, 0) is 22.3 Å². The number of hydrogen-bond acceptors (Lipinski definition) is 7. The van der Waals surface area contributed by atoms with Crippen LogP contribution in [0, 0.1) is 0 Å². The van der Waals surface area contributed by atoms with Gasteiger partial charge in [-0.05, 0) is 24.3 Å². The van der Waals surface area contributed by atoms with Crippen molar-refractivity contribution in [3.05, 3.63) is 41.0 Å². The minimum absolute atomic E-state index is 0.0800. The monoisotopic (exact) mass is 441 g/mol. The zero-order chi connectivity index (χ0) is 20.8. The topological polar surface area (TPSA) is 110 Å². The second kappa shape index (κ2) is 9.77. The molecule has 0 saturated heterocycles. The molecule has 1 atom stereocenters. The summed E-state index contributed by atoms with van der Waals surface area (Å²) in [4.78, 5) is 18.2. The van der Waals surface area contributed by atoms with Crippen LogP contribution in [0.5, 0.6) is 11.6 Å². The molecule has 0 fully saturated rings. The molecular formula is C18H20ClN3O6S. The lowest BCUT2D eigenvalue weighted by atomic mass is 10.2. The van der Waals surface area contributed by atoms with Gasteiger partial charge in [0.1, 0.15) is 23.9 Å². The van der Waals surface area contributed by atoms with Crippen LogP contribution >= 0.6 is 11.6 Å². The molecule has 2 N–H and O–H groups in total. The molecule has 1 aromatic carbocycles. The van der Waals surface area contributed by atoms with Crippen molar-refractivity contribution in [1.82, 2.24) is 9.88 Å². The van der Waals surface area contributed by atoms with Crippen LogP contribution in [0.25, 0.3) is 0 Å². The zero-order valence-electron chi connectivity index (χ0n) is 15.6. The Morgan fingerprint density at radius 1 is 1.45 bits per heavy atom. The predicted octanol–water partition coefficient (Wildman–Crippen LogP) is 2.20. The molecule has 1 aliphatic heterocycles. The number of carbonyl (C=O) groups excluding carboxylic acids is 1. The van der Waals surface area contributed by atoms with E-state index in [-0.39, 0.29) is 26.4 Å². The highest BCUT2D eigenvalue weighted by molar-refractivity contribution is 7.86. The van der Waals surface area contributed by atoms with Gasteiger partial charge >= 0.3 is 6.09 Å². The summed E-state index contributed by atoms with van der Waals surface area (Å²) in [7, 11) is -0.175. The van der Waals surface area contributed by atoms with Crippen LogP contribution in [0.3, 0.4) is 0 Å². The molecule has 2 aromatic rings. The van der Waals surface area contributed by atoms with Gasteiger partial charge in [-0.25, -0.2) is 14.0 Å². The second-order valence-corrected chi connectivity index (χ2v) is 7.58. The van der Waals surface area contributed by atoms with Gasteiger partial charge in [-0.3, -0.25) is 4.72 Å². The van der Waals surface area contributed by atoms with Crippen molar-refractivity contribution >= 4 is 34.4 Å². The average molecular weight is 442 g/mol. The van der Waals surface area contributed by atoms with Gasteiger partial charge in [0.2, 0.25) is 5.88 Å². The van der Waals surface area contributed by atoms with Crippen molar-refractivity contribution in [2.24, 2.45) is 0 Å². The molecule has 0 bridgehead atoms. The first-order valence-corrected chi connectivity index (χ1v) is 10.2. The first-order valence-electron chi connectivity index (χ1n) is 8.68. The Balaban J connectivity index is 1.78. The number of carbonyl (C=O) groups is 1. The molecule has 1 aromatic heterocycles. The Labute approximate surface area is 175 Å². The van der Waals surface area contributed by atoms with E-state index in [4.69, 9.17) is 30.9 Å². The summed E-state index contributed by atoms with van der Waals surface area (Å²) in [6.45, 7) is 0.446. The van der Waals surface area contributed by atoms with E-state index < -0.39 is 17.1 Å². The number of methoxy groups -OCH3 is 1. The minimum atomic E-state index is -1.66. The van der Waals surface area contributed by atoms with E-state index in [2.05, 4.69) is 9.71 Å². The highest BCUT2D eigenvalue weighted by atomic mass is 35.5. The van der Waals surface area contributed by atoms with Gasteiger partial charge in [-0.1, -0.05) is 11.6 Å². The normalized spacial score (nSPS) is 14.2. The maximum Gasteiger partial charge on any atom is 0.410 e. The van der Waals surface area contributed by atoms with E-state index >= 15 is 0 Å². The molecule has 1 aliphatic rings. The van der Waals surface area contributed by atoms with Crippen LogP contribution in [0.2, 0.25) is 5.02 Å². The van der Waals surface area contributed by atoms with Crippen molar-refractivity contribution in [3.8, 4) is 11.6 Å². The summed E-state index contributed by atoms with van der Waals surface area (Å²) in [6, 6.07) is 6.54. The number of pyridine rings is 1. The van der Waals surface area contributed by atoms with E-state index in [0.717, 1.165) is 0 Å². The number of fused-ring (bicyclic) bond motifs is 1. The Bertz CT molecular complexity index is 913. The minimum Gasteiger partial charge on any atom is -0.495 e. The molecule has 0 aliphatic carbocycles. The molecule has 1 amide bonds. The smallest absolute Gasteiger partial charge is 0.410 e. The molecule has 0 spiro atoms. The number of aliphatic hydroxyl groups is 1. The number of nitrogens with one attached hydrogen (secondary N) is 1. The lowest BCUT2D eigenvalue weighted by Gasteiger charge is -2.19. The van der Waals surface area contributed by atoms with Gasteiger partial charge in [0.05, 0.1) is 38.7 Å². The summed E-state index contributed by atoms with van der Waals surface area (Å²) < 4.78 is 31.4. The second-order valence-electron chi connectivity index (χ2n) is 5.96. The quantitative estimate of drug-likeness (QED) is 0.707. The molecule has 0 radical (unpaired) electrons. The summed E-state index contributed by atoms with van der Waals surface area (Å²) in [6.07, 6.45) is 0.939. The fourth-order valence-corrected chi connectivity index (χ4v) is 3.91. The third kappa shape index (κ3) is 5.28. The molecule has 156 valence electrons. The van der Waals surface area contributed by atoms with Gasteiger partial charge in [0, 0.05) is 10.6 Å². The fraction of sp³-hybridized carbons (Fsp3) is 0.333. The number of hydrogen-bond donors (Lipinski definition) is 2. The average Bonchev–Trinajstić information content (AvgIpc) is 2.94. The third-order valence-corrected chi connectivity index (χ3v) is 5.37. The number of halogens is 1. The van der Waals surface area contributed by atoms with E-state index in [9.17, 15) is 9.00 Å². The van der Waals surface area contributed by atoms with Gasteiger partial charge in [0.15, 0.2) is 11.0 Å². The number of rotatable bonds is 6. The van der Waals surface area contributed by atoms with Gasteiger partial charge < -0.3 is 24.2 Å². The lowest BCUT2D eigenvalue weighted by molar-refractivity contribution is 0.0802. The molecule has 11 heteroatoms. The van der Waals surface area contributed by atoms with E-state index in [1.54, 1.807) is 24.3 Å². The number of amides is 1. The third-order valence-electron chi connectivity index (χ3n) is 4.00. The van der Waals surface area contributed by atoms with Crippen LogP contribution in [0.4, 0.5) is 10.5 Å². The van der Waals surface area contributed by atoms with Crippen LogP contribution in [0.1, 0.15) is 5.56 Å². The highest BCUT2D eigenvalue weighted by Crippen LogP contribution is 2.28. The van der Waals surface area contributed by atoms with Crippen molar-refractivity contribution in [3.63, 3.8) is 0 Å². The number of aliphatic hydroxyl groups excluding tert-OH is 1. The van der Waals surface area contributed by atoms with Gasteiger partial charge in [-0.2, -0.15) is 0 Å². The number of benzene rings is 1. The molecule has 9 nitrogen and oxygen atoms in total. The Morgan fingerprint density at radius 2 is 2.28 bits per heavy atom.